The fourth-order valence-corrected chi connectivity index (χ4v) is 4.05. The molecule has 2 aromatic rings. The summed E-state index contributed by atoms with van der Waals surface area (Å²) in [6.45, 7) is 3.58. The molecule has 1 aliphatic rings. The monoisotopic (exact) mass is 433 g/mol. The van der Waals surface area contributed by atoms with Gasteiger partial charge in [-0.15, -0.1) is 36.2 Å². The first kappa shape index (κ1) is 23.8. The topological polar surface area (TPSA) is 59.2 Å². The number of benzene rings is 1. The van der Waals surface area contributed by atoms with E-state index in [0.29, 0.717) is 18.8 Å². The van der Waals surface area contributed by atoms with Crippen LogP contribution in [0.3, 0.4) is 0 Å². The summed E-state index contributed by atoms with van der Waals surface area (Å²) in [4.78, 5) is 19.0. The van der Waals surface area contributed by atoms with Crippen LogP contribution in [0.1, 0.15) is 36.0 Å². The summed E-state index contributed by atoms with van der Waals surface area (Å²) in [5, 5.41) is 2.89. The first-order chi connectivity index (χ1) is 12.0. The van der Waals surface area contributed by atoms with Crippen molar-refractivity contribution in [3.8, 4) is 0 Å². The van der Waals surface area contributed by atoms with Crippen LogP contribution in [0.25, 0.3) is 0 Å². The summed E-state index contributed by atoms with van der Waals surface area (Å²) < 4.78 is 13.0. The van der Waals surface area contributed by atoms with Crippen molar-refractivity contribution in [3.05, 3.63) is 51.7 Å². The van der Waals surface area contributed by atoms with Crippen LogP contribution < -0.4 is 5.73 Å². The number of thiazole rings is 1. The molecule has 0 radical (unpaired) electrons. The number of nitrogens with zero attached hydrogens (tertiary/aromatic N) is 2. The number of aromatic nitrogens is 1. The first-order valence-electron chi connectivity index (χ1n) is 8.72. The molecule has 1 aromatic carbocycles. The zero-order chi connectivity index (χ0) is 17.8. The van der Waals surface area contributed by atoms with Crippen LogP contribution in [0.15, 0.2) is 29.6 Å². The van der Waals surface area contributed by atoms with Crippen molar-refractivity contribution in [1.82, 2.24) is 9.88 Å². The molecule has 2 N–H and O–H groups in total. The molecule has 2 unspecified atom stereocenters. The van der Waals surface area contributed by atoms with Gasteiger partial charge in [0.25, 0.3) is 0 Å². The smallest absolute Gasteiger partial charge is 0.228 e. The summed E-state index contributed by atoms with van der Waals surface area (Å²) in [7, 11) is 0. The minimum Gasteiger partial charge on any atom is -0.342 e. The van der Waals surface area contributed by atoms with Crippen LogP contribution >= 0.6 is 36.2 Å². The van der Waals surface area contributed by atoms with Gasteiger partial charge in [0.2, 0.25) is 5.91 Å². The fraction of sp³-hybridized carbons (Fsp3) is 0.474. The van der Waals surface area contributed by atoms with E-state index in [0.717, 1.165) is 42.2 Å². The van der Waals surface area contributed by atoms with Gasteiger partial charge in [0, 0.05) is 30.9 Å². The number of piperidine rings is 1. The lowest BCUT2D eigenvalue weighted by Crippen LogP contribution is -2.45. The lowest BCUT2D eigenvalue weighted by atomic mass is 9.92. The summed E-state index contributed by atoms with van der Waals surface area (Å²) >= 11 is 1.55. The van der Waals surface area contributed by atoms with Gasteiger partial charge in [-0.05, 0) is 43.4 Å². The zero-order valence-corrected chi connectivity index (χ0v) is 17.7. The van der Waals surface area contributed by atoms with Gasteiger partial charge in [-0.25, -0.2) is 9.37 Å². The van der Waals surface area contributed by atoms with E-state index in [9.17, 15) is 9.18 Å². The Morgan fingerprint density at radius 2 is 2.07 bits per heavy atom. The van der Waals surface area contributed by atoms with Crippen molar-refractivity contribution in [2.75, 3.05) is 13.1 Å². The Bertz CT molecular complexity index is 724. The van der Waals surface area contributed by atoms with Crippen LogP contribution in [0.2, 0.25) is 0 Å². The molecule has 1 amide bonds. The molecule has 0 bridgehead atoms. The SMILES string of the molecule is CC(N)C1CCCN(C(=O)Cc2csc(Cc3ccc(F)cc3)n2)C1.Cl.Cl. The molecule has 1 fully saturated rings. The fourth-order valence-electron chi connectivity index (χ4n) is 3.22. The minimum absolute atomic E-state index is 0. The third-order valence-electron chi connectivity index (χ3n) is 4.75. The van der Waals surface area contributed by atoms with Crippen LogP contribution in [0.5, 0.6) is 0 Å². The number of rotatable bonds is 5. The van der Waals surface area contributed by atoms with E-state index in [1.165, 1.54) is 12.1 Å². The first-order valence-corrected chi connectivity index (χ1v) is 9.60. The highest BCUT2D eigenvalue weighted by Crippen LogP contribution is 2.21. The number of amides is 1. The summed E-state index contributed by atoms with van der Waals surface area (Å²) in [5.74, 6) is 0.284. The van der Waals surface area contributed by atoms with E-state index in [-0.39, 0.29) is 42.6 Å². The van der Waals surface area contributed by atoms with Crippen molar-refractivity contribution < 1.29 is 9.18 Å². The molecule has 2 atom stereocenters. The summed E-state index contributed by atoms with van der Waals surface area (Å²) in [6.07, 6.45) is 3.12. The maximum atomic E-state index is 13.0. The van der Waals surface area contributed by atoms with E-state index in [2.05, 4.69) is 4.98 Å². The summed E-state index contributed by atoms with van der Waals surface area (Å²) in [5.41, 5.74) is 7.83. The van der Waals surface area contributed by atoms with E-state index in [1.54, 1.807) is 23.5 Å². The lowest BCUT2D eigenvalue weighted by Gasteiger charge is -2.34. The molecule has 150 valence electrons. The molecule has 0 saturated carbocycles. The number of carbonyl (C=O) groups is 1. The van der Waals surface area contributed by atoms with Gasteiger partial charge in [0.1, 0.15) is 5.82 Å². The molecule has 2 heterocycles. The molecule has 1 saturated heterocycles. The molecular weight excluding hydrogens is 408 g/mol. The Morgan fingerprint density at radius 1 is 1.37 bits per heavy atom. The second-order valence-electron chi connectivity index (χ2n) is 6.81. The maximum absolute atomic E-state index is 13.0. The van der Waals surface area contributed by atoms with Gasteiger partial charge < -0.3 is 10.6 Å². The van der Waals surface area contributed by atoms with Crippen molar-refractivity contribution in [1.29, 1.82) is 0 Å². The molecule has 1 aliphatic heterocycles. The Hall–Kier alpha value is -1.21. The van der Waals surface area contributed by atoms with E-state index in [4.69, 9.17) is 5.73 Å². The van der Waals surface area contributed by atoms with Crippen LogP contribution in [-0.2, 0) is 17.6 Å². The van der Waals surface area contributed by atoms with Crippen molar-refractivity contribution in [3.63, 3.8) is 0 Å². The molecule has 3 rings (SSSR count). The van der Waals surface area contributed by atoms with Crippen molar-refractivity contribution in [2.24, 2.45) is 11.7 Å². The molecular formula is C19H26Cl2FN3OS. The molecule has 8 heteroatoms. The largest absolute Gasteiger partial charge is 0.342 e. The van der Waals surface area contributed by atoms with Crippen LogP contribution in [-0.4, -0.2) is 34.9 Å². The van der Waals surface area contributed by atoms with Gasteiger partial charge in [0.15, 0.2) is 0 Å². The number of hydrogen-bond donors (Lipinski definition) is 1. The highest BCUT2D eigenvalue weighted by molar-refractivity contribution is 7.09. The van der Waals surface area contributed by atoms with Crippen LogP contribution in [0.4, 0.5) is 4.39 Å². The molecule has 0 spiro atoms. The Kier molecular flexibility index (Phi) is 9.67. The van der Waals surface area contributed by atoms with Crippen molar-refractivity contribution >= 4 is 42.1 Å². The van der Waals surface area contributed by atoms with Gasteiger partial charge in [-0.3, -0.25) is 4.79 Å². The molecule has 1 aromatic heterocycles. The third kappa shape index (κ3) is 6.71. The Morgan fingerprint density at radius 3 is 2.74 bits per heavy atom. The van der Waals surface area contributed by atoms with Gasteiger partial charge >= 0.3 is 0 Å². The van der Waals surface area contributed by atoms with Crippen molar-refractivity contribution in [2.45, 2.75) is 38.6 Å². The number of halogens is 3. The minimum atomic E-state index is -0.235. The lowest BCUT2D eigenvalue weighted by molar-refractivity contribution is -0.132. The number of hydrogen-bond acceptors (Lipinski definition) is 4. The van der Waals surface area contributed by atoms with E-state index in [1.807, 2.05) is 17.2 Å². The predicted octanol–water partition coefficient (Wildman–Crippen LogP) is 3.84. The molecule has 0 aliphatic carbocycles. The maximum Gasteiger partial charge on any atom is 0.228 e. The number of carbonyl (C=O) groups excluding carboxylic acids is 1. The second kappa shape index (κ2) is 11.0. The zero-order valence-electron chi connectivity index (χ0n) is 15.3. The van der Waals surface area contributed by atoms with Gasteiger partial charge in [0.05, 0.1) is 17.1 Å². The Balaban J connectivity index is 0.00000182. The number of nitrogens with two attached hydrogens (primary N) is 1. The van der Waals surface area contributed by atoms with E-state index >= 15 is 0 Å². The quantitative estimate of drug-likeness (QED) is 0.778. The van der Waals surface area contributed by atoms with E-state index < -0.39 is 0 Å². The molecule has 4 nitrogen and oxygen atoms in total. The molecule has 27 heavy (non-hydrogen) atoms. The predicted molar refractivity (Wildman–Crippen MR) is 112 cm³/mol. The summed E-state index contributed by atoms with van der Waals surface area (Å²) in [6, 6.07) is 6.57. The average Bonchev–Trinajstić information content (AvgIpc) is 3.04. The third-order valence-corrected chi connectivity index (χ3v) is 5.65. The Labute approximate surface area is 176 Å². The standard InChI is InChI=1S/C19H24FN3OS.2ClH/c1-13(21)15-3-2-8-23(11-15)19(24)10-17-12-25-18(22-17)9-14-4-6-16(20)7-5-14;;/h4-7,12-13,15H,2-3,8-11,21H2,1H3;2*1H. The average molecular weight is 434 g/mol. The van der Waals surface area contributed by atoms with Crippen LogP contribution in [0, 0.1) is 11.7 Å². The normalized spacial score (nSPS) is 17.6. The van der Waals surface area contributed by atoms with Gasteiger partial charge in [-0.1, -0.05) is 12.1 Å². The highest BCUT2D eigenvalue weighted by Gasteiger charge is 2.26. The second-order valence-corrected chi connectivity index (χ2v) is 7.76. The highest BCUT2D eigenvalue weighted by atomic mass is 35.5. The van der Waals surface area contributed by atoms with Gasteiger partial charge in [-0.2, -0.15) is 0 Å². The number of likely N-dealkylation sites (tertiary alicyclic amines) is 1.